The van der Waals surface area contributed by atoms with Crippen molar-refractivity contribution in [2.24, 2.45) is 0 Å². The molecule has 0 aliphatic heterocycles. The predicted octanol–water partition coefficient (Wildman–Crippen LogP) is 3.62. The molecular weight excluding hydrogens is 239 g/mol. The number of benzene rings is 1. The van der Waals surface area contributed by atoms with Crippen LogP contribution in [0.3, 0.4) is 0 Å². The molecule has 0 spiro atoms. The molecule has 0 fully saturated rings. The quantitative estimate of drug-likeness (QED) is 0.614. The summed E-state index contributed by atoms with van der Waals surface area (Å²) in [4.78, 5) is 11.2. The van der Waals surface area contributed by atoms with Gasteiger partial charge in [0.25, 0.3) is 0 Å². The Labute approximate surface area is 102 Å². The smallest absolute Gasteiger partial charge is 0.330 e. The Kier molecular flexibility index (Phi) is 3.54. The summed E-state index contributed by atoms with van der Waals surface area (Å²) >= 11 is 1.45. The van der Waals surface area contributed by atoms with Crippen molar-refractivity contribution in [2.75, 3.05) is 6.61 Å². The number of rotatable bonds is 3. The lowest BCUT2D eigenvalue weighted by molar-refractivity contribution is -0.137. The number of hydrogen-bond acceptors (Lipinski definition) is 3. The third-order valence-electron chi connectivity index (χ3n) is 2.25. The van der Waals surface area contributed by atoms with Gasteiger partial charge in [0.15, 0.2) is 0 Å². The van der Waals surface area contributed by atoms with E-state index in [0.717, 1.165) is 15.6 Å². The molecule has 2 rings (SSSR count). The summed E-state index contributed by atoms with van der Waals surface area (Å²) in [5, 5.41) is 2.83. The minimum absolute atomic E-state index is 0.250. The number of hydrogen-bond donors (Lipinski definition) is 0. The zero-order valence-corrected chi connectivity index (χ0v) is 10.1. The second-order valence-corrected chi connectivity index (χ2v) is 4.33. The van der Waals surface area contributed by atoms with Gasteiger partial charge in [0.1, 0.15) is 5.82 Å². The Morgan fingerprint density at radius 2 is 2.35 bits per heavy atom. The second-order valence-electron chi connectivity index (χ2n) is 3.42. The summed E-state index contributed by atoms with van der Waals surface area (Å²) in [6.07, 6.45) is 3.07. The fourth-order valence-electron chi connectivity index (χ4n) is 1.50. The standard InChI is InChI=1S/C13H11FO2S/c1-2-16-13(15)6-3-9-8-17-12-7-10(14)4-5-11(9)12/h3-8H,2H2,1H3/b6-3+. The monoisotopic (exact) mass is 250 g/mol. The van der Waals surface area contributed by atoms with Gasteiger partial charge in [-0.3, -0.25) is 0 Å². The Morgan fingerprint density at radius 1 is 1.53 bits per heavy atom. The molecule has 2 aromatic rings. The summed E-state index contributed by atoms with van der Waals surface area (Å²) in [6, 6.07) is 4.62. The molecule has 0 bridgehead atoms. The SMILES string of the molecule is CCOC(=O)/C=C/c1csc2cc(F)ccc12. The van der Waals surface area contributed by atoms with Gasteiger partial charge < -0.3 is 4.74 Å². The molecule has 0 saturated heterocycles. The molecule has 0 aliphatic rings. The number of halogens is 1. The van der Waals surface area contributed by atoms with Gasteiger partial charge in [0, 0.05) is 10.8 Å². The summed E-state index contributed by atoms with van der Waals surface area (Å²) in [6.45, 7) is 2.12. The molecule has 0 aliphatic carbocycles. The van der Waals surface area contributed by atoms with Crippen LogP contribution in [0.4, 0.5) is 4.39 Å². The third kappa shape index (κ3) is 2.71. The molecule has 0 radical (unpaired) electrons. The summed E-state index contributed by atoms with van der Waals surface area (Å²) in [5.74, 6) is -0.616. The number of esters is 1. The van der Waals surface area contributed by atoms with Crippen molar-refractivity contribution in [3.05, 3.63) is 41.0 Å². The minimum Gasteiger partial charge on any atom is -0.463 e. The van der Waals surface area contributed by atoms with Crippen molar-refractivity contribution in [2.45, 2.75) is 6.92 Å². The number of fused-ring (bicyclic) bond motifs is 1. The molecule has 1 aromatic heterocycles. The number of thiophene rings is 1. The average Bonchev–Trinajstić information content (AvgIpc) is 2.69. The van der Waals surface area contributed by atoms with E-state index in [1.165, 1.54) is 29.5 Å². The number of carbonyl (C=O) groups is 1. The highest BCUT2D eigenvalue weighted by molar-refractivity contribution is 7.17. The lowest BCUT2D eigenvalue weighted by atomic mass is 10.1. The van der Waals surface area contributed by atoms with Crippen LogP contribution in [-0.4, -0.2) is 12.6 Å². The summed E-state index contributed by atoms with van der Waals surface area (Å²) in [5.41, 5.74) is 0.901. The van der Waals surface area contributed by atoms with E-state index < -0.39 is 0 Å². The van der Waals surface area contributed by atoms with Crippen LogP contribution < -0.4 is 0 Å². The normalized spacial score (nSPS) is 11.2. The van der Waals surface area contributed by atoms with Crippen LogP contribution in [0.15, 0.2) is 29.7 Å². The van der Waals surface area contributed by atoms with Gasteiger partial charge in [-0.2, -0.15) is 0 Å². The molecule has 0 atom stereocenters. The molecule has 2 nitrogen and oxygen atoms in total. The van der Waals surface area contributed by atoms with Crippen LogP contribution in [-0.2, 0) is 9.53 Å². The van der Waals surface area contributed by atoms with Crippen molar-refractivity contribution >= 4 is 33.5 Å². The first-order chi connectivity index (χ1) is 8.20. The topological polar surface area (TPSA) is 26.3 Å². The Balaban J connectivity index is 2.28. The van der Waals surface area contributed by atoms with Crippen LogP contribution in [0.5, 0.6) is 0 Å². The van der Waals surface area contributed by atoms with Crippen molar-refractivity contribution in [1.29, 1.82) is 0 Å². The van der Waals surface area contributed by atoms with E-state index in [1.54, 1.807) is 19.1 Å². The fourth-order valence-corrected chi connectivity index (χ4v) is 2.45. The molecule has 0 N–H and O–H groups in total. The van der Waals surface area contributed by atoms with Gasteiger partial charge in [0.05, 0.1) is 6.61 Å². The van der Waals surface area contributed by atoms with Gasteiger partial charge in [0.2, 0.25) is 0 Å². The van der Waals surface area contributed by atoms with Crippen molar-refractivity contribution in [3.63, 3.8) is 0 Å². The highest BCUT2D eigenvalue weighted by Crippen LogP contribution is 2.27. The lowest BCUT2D eigenvalue weighted by Gasteiger charge is -1.95. The molecule has 88 valence electrons. The lowest BCUT2D eigenvalue weighted by Crippen LogP contribution is -1.98. The van der Waals surface area contributed by atoms with Crippen LogP contribution >= 0.6 is 11.3 Å². The van der Waals surface area contributed by atoms with E-state index in [-0.39, 0.29) is 11.8 Å². The summed E-state index contributed by atoms with van der Waals surface area (Å²) < 4.78 is 18.6. The first-order valence-corrected chi connectivity index (χ1v) is 6.10. The predicted molar refractivity (Wildman–Crippen MR) is 67.5 cm³/mol. The highest BCUT2D eigenvalue weighted by Gasteiger charge is 2.03. The third-order valence-corrected chi connectivity index (χ3v) is 3.22. The van der Waals surface area contributed by atoms with Crippen LogP contribution in [0.25, 0.3) is 16.2 Å². The molecule has 0 saturated carbocycles. The van der Waals surface area contributed by atoms with Gasteiger partial charge >= 0.3 is 5.97 Å². The van der Waals surface area contributed by atoms with Crippen molar-refractivity contribution in [3.8, 4) is 0 Å². The number of ether oxygens (including phenoxy) is 1. The Morgan fingerprint density at radius 3 is 3.12 bits per heavy atom. The van der Waals surface area contributed by atoms with Crippen molar-refractivity contribution in [1.82, 2.24) is 0 Å². The number of carbonyl (C=O) groups excluding carboxylic acids is 1. The van der Waals surface area contributed by atoms with Crippen LogP contribution in [0.2, 0.25) is 0 Å². The second kappa shape index (κ2) is 5.10. The van der Waals surface area contributed by atoms with E-state index >= 15 is 0 Å². The Bertz CT molecular complexity index is 572. The first kappa shape index (κ1) is 11.8. The minimum atomic E-state index is -0.367. The van der Waals surface area contributed by atoms with Gasteiger partial charge in [-0.25, -0.2) is 9.18 Å². The highest BCUT2D eigenvalue weighted by atomic mass is 32.1. The van der Waals surface area contributed by atoms with E-state index in [0.29, 0.717) is 6.61 Å². The van der Waals surface area contributed by atoms with E-state index in [2.05, 4.69) is 0 Å². The maximum atomic E-state index is 13.0. The first-order valence-electron chi connectivity index (χ1n) is 5.22. The molecule has 1 aromatic carbocycles. The summed E-state index contributed by atoms with van der Waals surface area (Å²) in [7, 11) is 0. The molecular formula is C13H11FO2S. The van der Waals surface area contributed by atoms with E-state index in [1.807, 2.05) is 5.38 Å². The van der Waals surface area contributed by atoms with Gasteiger partial charge in [-0.05, 0) is 41.5 Å². The Hall–Kier alpha value is -1.68. The molecule has 1 heterocycles. The van der Waals surface area contributed by atoms with Crippen LogP contribution in [0, 0.1) is 5.82 Å². The average molecular weight is 250 g/mol. The maximum Gasteiger partial charge on any atom is 0.330 e. The van der Waals surface area contributed by atoms with Gasteiger partial charge in [-0.15, -0.1) is 11.3 Å². The molecule has 4 heteroatoms. The zero-order valence-electron chi connectivity index (χ0n) is 9.27. The van der Waals surface area contributed by atoms with E-state index in [4.69, 9.17) is 4.74 Å². The van der Waals surface area contributed by atoms with Crippen LogP contribution in [0.1, 0.15) is 12.5 Å². The molecule has 0 amide bonds. The van der Waals surface area contributed by atoms with Gasteiger partial charge in [-0.1, -0.05) is 6.07 Å². The maximum absolute atomic E-state index is 13.0. The van der Waals surface area contributed by atoms with Crippen molar-refractivity contribution < 1.29 is 13.9 Å². The van der Waals surface area contributed by atoms with E-state index in [9.17, 15) is 9.18 Å². The molecule has 0 unspecified atom stereocenters. The largest absolute Gasteiger partial charge is 0.463 e. The molecule has 17 heavy (non-hydrogen) atoms. The zero-order chi connectivity index (χ0) is 12.3. The fraction of sp³-hybridized carbons (Fsp3) is 0.154.